The molecule has 1 aliphatic rings. The number of rotatable bonds is 8. The third kappa shape index (κ3) is 8.06. The van der Waals surface area contributed by atoms with E-state index in [-0.39, 0.29) is 24.0 Å². The first-order valence-corrected chi connectivity index (χ1v) is 10.3. The number of nitrogens with one attached hydrogen (secondary N) is 2. The number of hydrogen-bond donors (Lipinski definition) is 2. The summed E-state index contributed by atoms with van der Waals surface area (Å²) in [6, 6.07) is 0. The van der Waals surface area contributed by atoms with E-state index in [0.717, 1.165) is 29.8 Å². The molecule has 26 heavy (non-hydrogen) atoms. The Morgan fingerprint density at radius 2 is 1.81 bits per heavy atom. The number of halogens is 1. The van der Waals surface area contributed by atoms with E-state index in [4.69, 9.17) is 0 Å². The first kappa shape index (κ1) is 23.6. The minimum atomic E-state index is 0. The zero-order valence-corrected chi connectivity index (χ0v) is 19.8. The van der Waals surface area contributed by atoms with Gasteiger partial charge in [0.2, 0.25) is 0 Å². The number of hydrogen-bond acceptors (Lipinski definition) is 5. The molecule has 1 saturated heterocycles. The van der Waals surface area contributed by atoms with Gasteiger partial charge in [-0.2, -0.15) is 0 Å². The van der Waals surface area contributed by atoms with Crippen molar-refractivity contribution in [2.24, 2.45) is 4.99 Å². The van der Waals surface area contributed by atoms with Crippen LogP contribution >= 0.6 is 35.3 Å². The van der Waals surface area contributed by atoms with Crippen LogP contribution < -0.4 is 10.6 Å². The van der Waals surface area contributed by atoms with Crippen LogP contribution in [0.1, 0.15) is 35.3 Å². The van der Waals surface area contributed by atoms with Crippen LogP contribution in [-0.4, -0.2) is 73.6 Å². The fraction of sp³-hybridized carbons (Fsp3) is 0.778. The molecule has 1 aromatic heterocycles. The summed E-state index contributed by atoms with van der Waals surface area (Å²) in [5, 5.41) is 7.92. The van der Waals surface area contributed by atoms with Crippen LogP contribution in [0.3, 0.4) is 0 Å². The predicted molar refractivity (Wildman–Crippen MR) is 123 cm³/mol. The van der Waals surface area contributed by atoms with E-state index in [1.807, 2.05) is 7.05 Å². The van der Waals surface area contributed by atoms with Crippen molar-refractivity contribution in [3.63, 3.8) is 0 Å². The highest BCUT2D eigenvalue weighted by atomic mass is 127. The summed E-state index contributed by atoms with van der Waals surface area (Å²) in [5.74, 6) is 0.877. The van der Waals surface area contributed by atoms with Crippen molar-refractivity contribution in [3.05, 3.63) is 15.6 Å². The number of aliphatic imine (C=N–C) groups is 1. The van der Waals surface area contributed by atoms with E-state index in [1.54, 1.807) is 11.3 Å². The topological polar surface area (TPSA) is 55.8 Å². The molecule has 0 amide bonds. The number of thiazole rings is 1. The van der Waals surface area contributed by atoms with Crippen molar-refractivity contribution < 1.29 is 0 Å². The quantitative estimate of drug-likeness (QED) is 0.252. The Morgan fingerprint density at radius 3 is 2.38 bits per heavy atom. The highest BCUT2D eigenvalue weighted by Crippen LogP contribution is 2.16. The molecular weight excluding hydrogens is 459 g/mol. The third-order valence-corrected chi connectivity index (χ3v) is 5.82. The molecule has 2 heterocycles. The molecule has 8 heteroatoms. The Labute approximate surface area is 179 Å². The van der Waals surface area contributed by atoms with Crippen LogP contribution in [0.4, 0.5) is 0 Å². The highest BCUT2D eigenvalue weighted by molar-refractivity contribution is 14.0. The van der Waals surface area contributed by atoms with Crippen molar-refractivity contribution >= 4 is 41.3 Å². The van der Waals surface area contributed by atoms with Gasteiger partial charge in [0.1, 0.15) is 0 Å². The third-order valence-electron chi connectivity index (χ3n) is 4.75. The number of aromatic nitrogens is 1. The normalized spacial score (nSPS) is 16.4. The number of aryl methyl sites for hydroxylation is 2. The highest BCUT2D eigenvalue weighted by Gasteiger charge is 2.14. The number of nitrogens with zero attached hydrogens (tertiary/aromatic N) is 4. The molecule has 6 nitrogen and oxygen atoms in total. The molecule has 0 unspecified atom stereocenters. The molecule has 2 N–H and O–H groups in total. The van der Waals surface area contributed by atoms with Gasteiger partial charge in [-0.05, 0) is 39.8 Å². The molecule has 0 aromatic carbocycles. The molecule has 0 aliphatic carbocycles. The average Bonchev–Trinajstić information content (AvgIpc) is 2.95. The van der Waals surface area contributed by atoms with Gasteiger partial charge in [0.25, 0.3) is 0 Å². The zero-order valence-electron chi connectivity index (χ0n) is 16.7. The molecule has 0 atom stereocenters. The largest absolute Gasteiger partial charge is 0.356 e. The molecule has 1 aromatic rings. The first-order valence-electron chi connectivity index (χ1n) is 9.44. The van der Waals surface area contributed by atoms with Gasteiger partial charge < -0.3 is 20.4 Å². The van der Waals surface area contributed by atoms with Gasteiger partial charge in [-0.3, -0.25) is 4.99 Å². The van der Waals surface area contributed by atoms with E-state index in [9.17, 15) is 0 Å². The van der Waals surface area contributed by atoms with Gasteiger partial charge in [0.05, 0.1) is 17.2 Å². The summed E-state index contributed by atoms with van der Waals surface area (Å²) in [7, 11) is 1.83. The number of piperazine rings is 1. The first-order chi connectivity index (χ1) is 12.1. The average molecular weight is 494 g/mol. The van der Waals surface area contributed by atoms with Gasteiger partial charge in [0.15, 0.2) is 5.96 Å². The molecular formula is C18H35IN6S. The summed E-state index contributed by atoms with van der Waals surface area (Å²) >= 11 is 1.75. The Bertz CT molecular complexity index is 540. The van der Waals surface area contributed by atoms with E-state index in [0.29, 0.717) is 0 Å². The van der Waals surface area contributed by atoms with Gasteiger partial charge in [-0.15, -0.1) is 35.3 Å². The molecule has 0 saturated carbocycles. The van der Waals surface area contributed by atoms with Crippen molar-refractivity contribution in [1.82, 2.24) is 25.4 Å². The zero-order chi connectivity index (χ0) is 18.1. The molecule has 1 aliphatic heterocycles. The second-order valence-electron chi connectivity index (χ2n) is 6.58. The standard InChI is InChI=1S/C18H34N6S.HI/c1-5-23-10-12-24(13-11-23)9-7-6-8-20-18(19-4)21-14-17-15(2)22-16(3)25-17;/h5-14H2,1-4H3,(H2,19,20,21);1H. The molecule has 2 rings (SSSR count). The lowest BCUT2D eigenvalue weighted by molar-refractivity contribution is 0.136. The van der Waals surface area contributed by atoms with E-state index < -0.39 is 0 Å². The van der Waals surface area contributed by atoms with E-state index in [2.05, 4.69) is 51.2 Å². The SMILES string of the molecule is CCN1CCN(CCCCNC(=NC)NCc2sc(C)nc2C)CC1.I. The number of likely N-dealkylation sites (N-methyl/N-ethyl adjacent to an activating group) is 1. The van der Waals surface area contributed by atoms with Gasteiger partial charge >= 0.3 is 0 Å². The molecule has 0 spiro atoms. The number of guanidine groups is 1. The van der Waals surface area contributed by atoms with Crippen molar-refractivity contribution in [3.8, 4) is 0 Å². The van der Waals surface area contributed by atoms with Gasteiger partial charge in [-0.1, -0.05) is 6.92 Å². The second-order valence-corrected chi connectivity index (χ2v) is 7.86. The van der Waals surface area contributed by atoms with Crippen LogP contribution in [0, 0.1) is 13.8 Å². The lowest BCUT2D eigenvalue weighted by Crippen LogP contribution is -2.46. The second kappa shape index (κ2) is 12.9. The summed E-state index contributed by atoms with van der Waals surface area (Å²) in [6.45, 7) is 15.4. The summed E-state index contributed by atoms with van der Waals surface area (Å²) in [6.07, 6.45) is 2.41. The molecule has 0 radical (unpaired) electrons. The lowest BCUT2D eigenvalue weighted by Gasteiger charge is -2.34. The maximum Gasteiger partial charge on any atom is 0.191 e. The van der Waals surface area contributed by atoms with Crippen LogP contribution in [-0.2, 0) is 6.54 Å². The van der Waals surface area contributed by atoms with Crippen molar-refractivity contribution in [2.45, 2.75) is 40.2 Å². The summed E-state index contributed by atoms with van der Waals surface area (Å²) in [4.78, 5) is 15.2. The fourth-order valence-electron chi connectivity index (χ4n) is 3.12. The maximum absolute atomic E-state index is 4.47. The Morgan fingerprint density at radius 1 is 1.12 bits per heavy atom. The van der Waals surface area contributed by atoms with Crippen molar-refractivity contribution in [1.29, 1.82) is 0 Å². The smallest absolute Gasteiger partial charge is 0.191 e. The van der Waals surface area contributed by atoms with E-state index >= 15 is 0 Å². The number of unbranched alkanes of at least 4 members (excludes halogenated alkanes) is 1. The van der Waals surface area contributed by atoms with Crippen LogP contribution in [0.25, 0.3) is 0 Å². The van der Waals surface area contributed by atoms with Crippen molar-refractivity contribution in [2.75, 3.05) is 52.9 Å². The molecule has 150 valence electrons. The monoisotopic (exact) mass is 494 g/mol. The Hall–Kier alpha value is -0.450. The Kier molecular flexibility index (Phi) is 11.7. The van der Waals surface area contributed by atoms with Crippen LogP contribution in [0.15, 0.2) is 4.99 Å². The summed E-state index contributed by atoms with van der Waals surface area (Å²) < 4.78 is 0. The predicted octanol–water partition coefficient (Wildman–Crippen LogP) is 2.46. The van der Waals surface area contributed by atoms with Crippen LogP contribution in [0.2, 0.25) is 0 Å². The van der Waals surface area contributed by atoms with Gasteiger partial charge in [0, 0.05) is 44.6 Å². The minimum absolute atomic E-state index is 0. The van der Waals surface area contributed by atoms with Gasteiger partial charge in [-0.25, -0.2) is 4.98 Å². The minimum Gasteiger partial charge on any atom is -0.356 e. The molecule has 0 bridgehead atoms. The fourth-order valence-corrected chi connectivity index (χ4v) is 4.00. The lowest BCUT2D eigenvalue weighted by atomic mass is 10.2. The Balaban J connectivity index is 0.00000338. The molecule has 1 fully saturated rings. The maximum atomic E-state index is 4.47. The summed E-state index contributed by atoms with van der Waals surface area (Å²) in [5.41, 5.74) is 1.12. The van der Waals surface area contributed by atoms with Crippen LogP contribution in [0.5, 0.6) is 0 Å². The van der Waals surface area contributed by atoms with E-state index in [1.165, 1.54) is 57.0 Å².